The van der Waals surface area contributed by atoms with Crippen molar-refractivity contribution in [3.63, 3.8) is 0 Å². The quantitative estimate of drug-likeness (QED) is 0.364. The van der Waals surface area contributed by atoms with Crippen LogP contribution in [0.3, 0.4) is 0 Å². The van der Waals surface area contributed by atoms with Gasteiger partial charge in [-0.15, -0.1) is 0 Å². The van der Waals surface area contributed by atoms with Crippen molar-refractivity contribution in [3.8, 4) is 0 Å². The van der Waals surface area contributed by atoms with Gasteiger partial charge in [-0.05, 0) is 67.6 Å². The predicted octanol–water partition coefficient (Wildman–Crippen LogP) is 5.70. The SMILES string of the molecule is CCC(C(=O)NC1CCCC1)N(Cc1ccc(Cl)c(Cl)c1)C(=O)CN(c1ccc(Br)c(C)c1)S(C)(=O)=O. The number of halogens is 3. The monoisotopic (exact) mass is 631 g/mol. The minimum absolute atomic E-state index is 0.0727. The lowest BCUT2D eigenvalue weighted by Gasteiger charge is -2.33. The van der Waals surface area contributed by atoms with Gasteiger partial charge in [-0.1, -0.05) is 65.0 Å². The van der Waals surface area contributed by atoms with Crippen molar-refractivity contribution >= 4 is 66.7 Å². The van der Waals surface area contributed by atoms with Crippen LogP contribution < -0.4 is 9.62 Å². The van der Waals surface area contributed by atoms with E-state index in [9.17, 15) is 18.0 Å². The summed E-state index contributed by atoms with van der Waals surface area (Å²) in [6, 6.07) is 9.41. The fraction of sp³-hybridized carbons (Fsp3) is 0.462. The van der Waals surface area contributed by atoms with Gasteiger partial charge in [0.15, 0.2) is 0 Å². The molecule has 1 saturated carbocycles. The van der Waals surface area contributed by atoms with Crippen LogP contribution in [0.4, 0.5) is 5.69 Å². The summed E-state index contributed by atoms with van der Waals surface area (Å²) in [6.45, 7) is 3.30. The van der Waals surface area contributed by atoms with Crippen LogP contribution in [0.2, 0.25) is 10.0 Å². The number of carbonyl (C=O) groups is 2. The zero-order valence-electron chi connectivity index (χ0n) is 21.1. The number of carbonyl (C=O) groups excluding carboxylic acids is 2. The molecule has 11 heteroatoms. The fourth-order valence-electron chi connectivity index (χ4n) is 4.52. The van der Waals surface area contributed by atoms with Crippen molar-refractivity contribution in [2.24, 2.45) is 0 Å². The van der Waals surface area contributed by atoms with Crippen LogP contribution in [0.25, 0.3) is 0 Å². The van der Waals surface area contributed by atoms with E-state index in [0.29, 0.717) is 27.7 Å². The summed E-state index contributed by atoms with van der Waals surface area (Å²) >= 11 is 15.7. The van der Waals surface area contributed by atoms with Gasteiger partial charge in [0.2, 0.25) is 21.8 Å². The molecule has 2 aromatic rings. The maximum Gasteiger partial charge on any atom is 0.244 e. The molecule has 1 unspecified atom stereocenters. The molecule has 1 aliphatic rings. The molecule has 3 rings (SSSR count). The summed E-state index contributed by atoms with van der Waals surface area (Å²) in [4.78, 5) is 28.6. The van der Waals surface area contributed by atoms with E-state index in [1.165, 1.54) is 4.90 Å². The average Bonchev–Trinajstić information content (AvgIpc) is 3.33. The molecule has 1 N–H and O–H groups in total. The maximum atomic E-state index is 13.8. The first kappa shape index (κ1) is 29.7. The van der Waals surface area contributed by atoms with E-state index >= 15 is 0 Å². The molecule has 202 valence electrons. The third-order valence-electron chi connectivity index (χ3n) is 6.53. The number of anilines is 1. The topological polar surface area (TPSA) is 86.8 Å². The van der Waals surface area contributed by atoms with Gasteiger partial charge in [0.05, 0.1) is 22.0 Å². The Morgan fingerprint density at radius 1 is 1.11 bits per heavy atom. The van der Waals surface area contributed by atoms with Gasteiger partial charge in [-0.25, -0.2) is 8.42 Å². The Morgan fingerprint density at radius 3 is 2.35 bits per heavy atom. The number of sulfonamides is 1. The molecule has 0 radical (unpaired) electrons. The van der Waals surface area contributed by atoms with Gasteiger partial charge in [0.1, 0.15) is 12.6 Å². The smallest absolute Gasteiger partial charge is 0.244 e. The van der Waals surface area contributed by atoms with Crippen LogP contribution in [0.5, 0.6) is 0 Å². The standard InChI is InChI=1S/C26H32BrCl2N3O4S/c1-4-24(26(34)30-19-7-5-6-8-19)31(15-18-9-12-22(28)23(29)14-18)25(33)16-32(37(3,35)36)20-10-11-21(27)17(2)13-20/h9-14,19,24H,4-8,15-16H2,1-3H3,(H,30,34). The van der Waals surface area contributed by atoms with Crippen molar-refractivity contribution in [2.75, 3.05) is 17.1 Å². The summed E-state index contributed by atoms with van der Waals surface area (Å²) in [5, 5.41) is 3.79. The molecule has 0 spiro atoms. The molecule has 1 fully saturated rings. The molecule has 7 nitrogen and oxygen atoms in total. The van der Waals surface area contributed by atoms with Gasteiger partial charge >= 0.3 is 0 Å². The fourth-order valence-corrected chi connectivity index (χ4v) is 5.93. The van der Waals surface area contributed by atoms with Crippen LogP contribution >= 0.6 is 39.1 Å². The summed E-state index contributed by atoms with van der Waals surface area (Å²) < 4.78 is 27.4. The lowest BCUT2D eigenvalue weighted by atomic mass is 10.1. The summed E-state index contributed by atoms with van der Waals surface area (Å²) in [7, 11) is -3.80. The van der Waals surface area contributed by atoms with E-state index in [0.717, 1.165) is 46.3 Å². The van der Waals surface area contributed by atoms with Crippen molar-refractivity contribution in [3.05, 3.63) is 62.0 Å². The molecular formula is C26H32BrCl2N3O4S. The number of hydrogen-bond donors (Lipinski definition) is 1. The van der Waals surface area contributed by atoms with Crippen molar-refractivity contribution in [1.29, 1.82) is 0 Å². The highest BCUT2D eigenvalue weighted by atomic mass is 79.9. The highest BCUT2D eigenvalue weighted by molar-refractivity contribution is 9.10. The number of benzene rings is 2. The maximum absolute atomic E-state index is 13.8. The molecule has 37 heavy (non-hydrogen) atoms. The highest BCUT2D eigenvalue weighted by Crippen LogP contribution is 2.27. The second kappa shape index (κ2) is 12.8. The highest BCUT2D eigenvalue weighted by Gasteiger charge is 2.33. The number of aryl methyl sites for hydroxylation is 1. The molecule has 2 amide bonds. The number of amides is 2. The van der Waals surface area contributed by atoms with Crippen molar-refractivity contribution in [1.82, 2.24) is 10.2 Å². The number of hydrogen-bond acceptors (Lipinski definition) is 4. The largest absolute Gasteiger partial charge is 0.352 e. The molecule has 0 heterocycles. The Kier molecular flexibility index (Phi) is 10.3. The first-order valence-corrected chi connectivity index (χ1v) is 15.6. The van der Waals surface area contributed by atoms with Crippen molar-refractivity contribution < 1.29 is 18.0 Å². The Hall–Kier alpha value is -1.81. The van der Waals surface area contributed by atoms with Crippen LogP contribution in [-0.2, 0) is 26.2 Å². The summed E-state index contributed by atoms with van der Waals surface area (Å²) in [5.74, 6) is -0.737. The Labute approximate surface area is 237 Å². The van der Waals surface area contributed by atoms with E-state index in [2.05, 4.69) is 21.2 Å². The van der Waals surface area contributed by atoms with Gasteiger partial charge < -0.3 is 10.2 Å². The predicted molar refractivity (Wildman–Crippen MR) is 153 cm³/mol. The second-order valence-electron chi connectivity index (χ2n) is 9.39. The summed E-state index contributed by atoms with van der Waals surface area (Å²) in [6.07, 6.45) is 5.36. The third-order valence-corrected chi connectivity index (χ3v) is 9.30. The molecule has 0 bridgehead atoms. The van der Waals surface area contributed by atoms with Crippen LogP contribution in [0, 0.1) is 6.92 Å². The number of rotatable bonds is 10. The Morgan fingerprint density at radius 2 is 1.78 bits per heavy atom. The lowest BCUT2D eigenvalue weighted by molar-refractivity contribution is -0.140. The Balaban J connectivity index is 1.95. The lowest BCUT2D eigenvalue weighted by Crippen LogP contribution is -2.53. The van der Waals surface area contributed by atoms with E-state index < -0.39 is 28.5 Å². The zero-order valence-corrected chi connectivity index (χ0v) is 25.1. The van der Waals surface area contributed by atoms with Crippen LogP contribution in [0.15, 0.2) is 40.9 Å². The number of nitrogens with one attached hydrogen (secondary N) is 1. The molecular weight excluding hydrogens is 601 g/mol. The second-order valence-corrected chi connectivity index (χ2v) is 13.0. The third kappa shape index (κ3) is 7.85. The Bertz CT molecular complexity index is 1250. The van der Waals surface area contributed by atoms with Crippen LogP contribution in [0.1, 0.15) is 50.2 Å². The molecule has 2 aromatic carbocycles. The minimum atomic E-state index is -3.80. The molecule has 1 aliphatic carbocycles. The average molecular weight is 633 g/mol. The number of nitrogens with zero attached hydrogens (tertiary/aromatic N) is 2. The van der Waals surface area contributed by atoms with E-state index in [4.69, 9.17) is 23.2 Å². The minimum Gasteiger partial charge on any atom is -0.352 e. The molecule has 0 aromatic heterocycles. The molecule has 0 aliphatic heterocycles. The van der Waals surface area contributed by atoms with Gasteiger partial charge in [0, 0.05) is 17.1 Å². The van der Waals surface area contributed by atoms with Gasteiger partial charge in [0.25, 0.3) is 0 Å². The normalized spacial score (nSPS) is 14.9. The first-order chi connectivity index (χ1) is 17.4. The zero-order chi connectivity index (χ0) is 27.3. The van der Waals surface area contributed by atoms with Crippen LogP contribution in [-0.4, -0.2) is 50.0 Å². The molecule has 0 saturated heterocycles. The molecule has 1 atom stereocenters. The van der Waals surface area contributed by atoms with Gasteiger partial charge in [-0.2, -0.15) is 0 Å². The van der Waals surface area contributed by atoms with E-state index in [1.54, 1.807) is 36.4 Å². The van der Waals surface area contributed by atoms with Crippen molar-refractivity contribution in [2.45, 2.75) is 64.6 Å². The first-order valence-electron chi connectivity index (χ1n) is 12.2. The summed E-state index contributed by atoms with van der Waals surface area (Å²) in [5.41, 5.74) is 1.88. The van der Waals surface area contributed by atoms with Gasteiger partial charge in [-0.3, -0.25) is 13.9 Å². The van der Waals surface area contributed by atoms with E-state index in [1.807, 2.05) is 13.8 Å². The van der Waals surface area contributed by atoms with E-state index in [-0.39, 0.29) is 18.5 Å².